The first-order chi connectivity index (χ1) is 9.52. The molecule has 0 amide bonds. The van der Waals surface area contributed by atoms with E-state index in [1.807, 2.05) is 6.92 Å². The van der Waals surface area contributed by atoms with Gasteiger partial charge < -0.3 is 9.84 Å². The molecule has 6 heteroatoms. The average Bonchev–Trinajstić information content (AvgIpc) is 2.84. The van der Waals surface area contributed by atoms with Gasteiger partial charge in [-0.1, -0.05) is 30.7 Å². The standard InChI is InChI=1S/C14H12ClFO3S/c1-2-9-6-11(13(20-9)14(17)18)19-7-8-4-3-5-10(15)12(8)16/h3-6H,2,7H2,1H3,(H,17,18). The van der Waals surface area contributed by atoms with Gasteiger partial charge in [0.15, 0.2) is 4.88 Å². The van der Waals surface area contributed by atoms with E-state index in [9.17, 15) is 9.18 Å². The Morgan fingerprint density at radius 2 is 2.25 bits per heavy atom. The molecule has 1 aromatic heterocycles. The number of hydrogen-bond donors (Lipinski definition) is 1. The number of benzene rings is 1. The molecule has 2 aromatic rings. The number of rotatable bonds is 5. The second-order valence-corrected chi connectivity index (χ2v) is 5.61. The Balaban J connectivity index is 2.20. The zero-order valence-corrected chi connectivity index (χ0v) is 12.2. The molecule has 0 spiro atoms. The summed E-state index contributed by atoms with van der Waals surface area (Å²) in [6.07, 6.45) is 0.722. The minimum atomic E-state index is -1.05. The lowest BCUT2D eigenvalue weighted by Gasteiger charge is -2.07. The van der Waals surface area contributed by atoms with Crippen LogP contribution in [-0.2, 0) is 13.0 Å². The highest BCUT2D eigenvalue weighted by Crippen LogP contribution is 2.31. The molecule has 0 aliphatic heterocycles. The van der Waals surface area contributed by atoms with E-state index in [1.165, 1.54) is 17.4 Å². The summed E-state index contributed by atoms with van der Waals surface area (Å²) in [5.74, 6) is -1.33. The molecule has 0 atom stereocenters. The van der Waals surface area contributed by atoms with Crippen molar-refractivity contribution in [3.8, 4) is 5.75 Å². The third kappa shape index (κ3) is 3.11. The Morgan fingerprint density at radius 3 is 2.90 bits per heavy atom. The fraction of sp³-hybridized carbons (Fsp3) is 0.214. The number of aryl methyl sites for hydroxylation is 1. The van der Waals surface area contributed by atoms with E-state index in [0.29, 0.717) is 0 Å². The van der Waals surface area contributed by atoms with E-state index < -0.39 is 11.8 Å². The average molecular weight is 315 g/mol. The van der Waals surface area contributed by atoms with E-state index in [4.69, 9.17) is 21.4 Å². The van der Waals surface area contributed by atoms with Crippen molar-refractivity contribution in [3.63, 3.8) is 0 Å². The van der Waals surface area contributed by atoms with Gasteiger partial charge in [-0.2, -0.15) is 0 Å². The van der Waals surface area contributed by atoms with Gasteiger partial charge in [0, 0.05) is 10.4 Å². The molecule has 1 heterocycles. The molecule has 0 radical (unpaired) electrons. The van der Waals surface area contributed by atoms with Crippen LogP contribution in [0.15, 0.2) is 24.3 Å². The number of hydrogen-bond acceptors (Lipinski definition) is 3. The van der Waals surface area contributed by atoms with Gasteiger partial charge in [0.05, 0.1) is 5.02 Å². The SMILES string of the molecule is CCc1cc(OCc2cccc(Cl)c2F)c(C(=O)O)s1. The van der Waals surface area contributed by atoms with Crippen molar-refractivity contribution < 1.29 is 19.0 Å². The molecular weight excluding hydrogens is 303 g/mol. The smallest absolute Gasteiger partial charge is 0.349 e. The predicted molar refractivity (Wildman–Crippen MR) is 76.4 cm³/mol. The summed E-state index contributed by atoms with van der Waals surface area (Å²) in [4.78, 5) is 12.2. The maximum Gasteiger partial charge on any atom is 0.349 e. The summed E-state index contributed by atoms with van der Waals surface area (Å²) >= 11 is 6.85. The van der Waals surface area contributed by atoms with Crippen molar-refractivity contribution in [3.05, 3.63) is 50.4 Å². The van der Waals surface area contributed by atoms with Crippen LogP contribution >= 0.6 is 22.9 Å². The summed E-state index contributed by atoms with van der Waals surface area (Å²) in [6, 6.07) is 6.29. The number of ether oxygens (including phenoxy) is 1. The van der Waals surface area contributed by atoms with E-state index in [1.54, 1.807) is 18.2 Å². The number of carboxylic acids is 1. The maximum atomic E-state index is 13.7. The number of thiophene rings is 1. The number of aromatic carboxylic acids is 1. The van der Waals surface area contributed by atoms with Crippen LogP contribution in [0.2, 0.25) is 5.02 Å². The molecule has 0 unspecified atom stereocenters. The fourth-order valence-corrected chi connectivity index (χ4v) is 2.74. The van der Waals surface area contributed by atoms with Crippen LogP contribution in [0.3, 0.4) is 0 Å². The summed E-state index contributed by atoms with van der Waals surface area (Å²) in [7, 11) is 0. The summed E-state index contributed by atoms with van der Waals surface area (Å²) < 4.78 is 19.1. The lowest BCUT2D eigenvalue weighted by Crippen LogP contribution is -2.02. The van der Waals surface area contributed by atoms with Crippen LogP contribution in [0.4, 0.5) is 4.39 Å². The van der Waals surface area contributed by atoms with Gasteiger partial charge in [0.1, 0.15) is 18.2 Å². The van der Waals surface area contributed by atoms with Crippen molar-refractivity contribution in [2.24, 2.45) is 0 Å². The van der Waals surface area contributed by atoms with E-state index >= 15 is 0 Å². The van der Waals surface area contributed by atoms with Crippen LogP contribution in [0.5, 0.6) is 5.75 Å². The van der Waals surface area contributed by atoms with Crippen LogP contribution < -0.4 is 4.74 Å². The largest absolute Gasteiger partial charge is 0.487 e. The first-order valence-corrected chi connectivity index (χ1v) is 7.14. The Morgan fingerprint density at radius 1 is 1.50 bits per heavy atom. The van der Waals surface area contributed by atoms with Gasteiger partial charge in [-0.25, -0.2) is 9.18 Å². The van der Waals surface area contributed by atoms with Gasteiger partial charge >= 0.3 is 5.97 Å². The number of carboxylic acid groups (broad SMARTS) is 1. The number of halogens is 2. The van der Waals surface area contributed by atoms with Gasteiger partial charge in [0.25, 0.3) is 0 Å². The third-order valence-corrected chi connectivity index (χ3v) is 4.25. The summed E-state index contributed by atoms with van der Waals surface area (Å²) in [5, 5.41) is 9.12. The van der Waals surface area contributed by atoms with Crippen molar-refractivity contribution in [2.75, 3.05) is 0 Å². The van der Waals surface area contributed by atoms with Gasteiger partial charge in [-0.05, 0) is 18.6 Å². The van der Waals surface area contributed by atoms with Crippen LogP contribution in [-0.4, -0.2) is 11.1 Å². The molecule has 1 N–H and O–H groups in total. The fourth-order valence-electron chi connectivity index (χ4n) is 1.67. The van der Waals surface area contributed by atoms with Crippen molar-refractivity contribution in [2.45, 2.75) is 20.0 Å². The first-order valence-electron chi connectivity index (χ1n) is 5.94. The summed E-state index contributed by atoms with van der Waals surface area (Å²) in [6.45, 7) is 1.87. The van der Waals surface area contributed by atoms with Gasteiger partial charge in [0.2, 0.25) is 0 Å². The normalized spacial score (nSPS) is 10.6. The lowest BCUT2D eigenvalue weighted by atomic mass is 10.2. The number of carbonyl (C=O) groups is 1. The molecule has 20 heavy (non-hydrogen) atoms. The Hall–Kier alpha value is -1.59. The zero-order valence-electron chi connectivity index (χ0n) is 10.7. The second-order valence-electron chi connectivity index (χ2n) is 4.07. The Bertz CT molecular complexity index is 639. The molecule has 0 aliphatic rings. The third-order valence-electron chi connectivity index (χ3n) is 2.71. The molecule has 1 aromatic carbocycles. The van der Waals surface area contributed by atoms with Gasteiger partial charge in [-0.3, -0.25) is 0 Å². The quantitative estimate of drug-likeness (QED) is 0.890. The summed E-state index contributed by atoms with van der Waals surface area (Å²) in [5.41, 5.74) is 0.290. The van der Waals surface area contributed by atoms with Crippen LogP contribution in [0.25, 0.3) is 0 Å². The van der Waals surface area contributed by atoms with Crippen molar-refractivity contribution in [1.29, 1.82) is 0 Å². The predicted octanol–water partition coefficient (Wildman–Crippen LogP) is 4.38. The minimum absolute atomic E-state index is 0.0177. The molecular formula is C14H12ClFO3S. The van der Waals surface area contributed by atoms with Crippen molar-refractivity contribution in [1.82, 2.24) is 0 Å². The maximum absolute atomic E-state index is 13.7. The van der Waals surface area contributed by atoms with E-state index in [2.05, 4.69) is 0 Å². The molecule has 0 saturated carbocycles. The monoisotopic (exact) mass is 314 g/mol. The van der Waals surface area contributed by atoms with E-state index in [-0.39, 0.29) is 27.8 Å². The molecule has 2 rings (SSSR count). The van der Waals surface area contributed by atoms with Crippen LogP contribution in [0.1, 0.15) is 27.0 Å². The highest BCUT2D eigenvalue weighted by Gasteiger charge is 2.17. The van der Waals surface area contributed by atoms with Crippen molar-refractivity contribution >= 4 is 28.9 Å². The van der Waals surface area contributed by atoms with Crippen LogP contribution in [0, 0.1) is 5.82 Å². The molecule has 0 saturated heterocycles. The highest BCUT2D eigenvalue weighted by atomic mass is 35.5. The molecule has 3 nitrogen and oxygen atoms in total. The van der Waals surface area contributed by atoms with Gasteiger partial charge in [-0.15, -0.1) is 11.3 Å². The second kappa shape index (κ2) is 6.24. The first kappa shape index (κ1) is 14.8. The minimum Gasteiger partial charge on any atom is -0.487 e. The molecule has 0 aliphatic carbocycles. The lowest BCUT2D eigenvalue weighted by molar-refractivity contribution is 0.0697. The Kier molecular flexibility index (Phi) is 4.62. The Labute approximate surface area is 124 Å². The molecule has 0 bridgehead atoms. The van der Waals surface area contributed by atoms with E-state index in [0.717, 1.165) is 11.3 Å². The molecule has 0 fully saturated rings. The molecule has 106 valence electrons. The topological polar surface area (TPSA) is 46.5 Å². The highest BCUT2D eigenvalue weighted by molar-refractivity contribution is 7.14. The zero-order chi connectivity index (χ0) is 14.7.